The van der Waals surface area contributed by atoms with E-state index in [4.69, 9.17) is 4.74 Å². The van der Waals surface area contributed by atoms with E-state index in [2.05, 4.69) is 32.6 Å². The van der Waals surface area contributed by atoms with Crippen molar-refractivity contribution >= 4 is 5.91 Å². The monoisotopic (exact) mass is 423 g/mol. The lowest BCUT2D eigenvalue weighted by atomic mass is 9.92. The van der Waals surface area contributed by atoms with Gasteiger partial charge in [0.1, 0.15) is 0 Å². The lowest BCUT2D eigenvalue weighted by molar-refractivity contribution is -0.139. The molecule has 0 spiro atoms. The molecule has 3 nitrogen and oxygen atoms in total. The van der Waals surface area contributed by atoms with Crippen molar-refractivity contribution in [2.75, 3.05) is 19.7 Å². The average molecular weight is 424 g/mol. The number of ether oxygens (including phenoxy) is 1. The number of nitrogens with zero attached hydrogens (tertiary/aromatic N) is 1. The maximum atomic E-state index is 13.2. The zero-order valence-electron chi connectivity index (χ0n) is 20.9. The topological polar surface area (TPSA) is 29.5 Å². The Morgan fingerprint density at radius 2 is 1.30 bits per heavy atom. The molecule has 30 heavy (non-hydrogen) atoms. The summed E-state index contributed by atoms with van der Waals surface area (Å²) in [4.78, 5) is 15.4. The Hall–Kier alpha value is -0.570. The summed E-state index contributed by atoms with van der Waals surface area (Å²) in [6, 6.07) is 0. The second-order valence-electron chi connectivity index (χ2n) is 9.85. The number of hydrogen-bond donors (Lipinski definition) is 0. The summed E-state index contributed by atoms with van der Waals surface area (Å²) in [5.74, 6) is 1.36. The highest BCUT2D eigenvalue weighted by Gasteiger charge is 2.28. The molecule has 0 aromatic rings. The molecule has 178 valence electrons. The number of carbonyl (C=O) groups is 1. The van der Waals surface area contributed by atoms with Crippen LogP contribution in [-0.4, -0.2) is 36.6 Å². The summed E-state index contributed by atoms with van der Waals surface area (Å²) in [6.45, 7) is 11.8. The van der Waals surface area contributed by atoms with Gasteiger partial charge in [-0.2, -0.15) is 0 Å². The molecule has 1 fully saturated rings. The smallest absolute Gasteiger partial charge is 0.225 e. The molecule has 1 atom stereocenters. The molecule has 1 unspecified atom stereocenters. The van der Waals surface area contributed by atoms with Gasteiger partial charge in [0, 0.05) is 25.6 Å². The number of amides is 1. The Balaban J connectivity index is 2.36. The molecule has 1 heterocycles. The highest BCUT2D eigenvalue weighted by molar-refractivity contribution is 5.78. The lowest BCUT2D eigenvalue weighted by Gasteiger charge is -2.34. The summed E-state index contributed by atoms with van der Waals surface area (Å²) in [7, 11) is 0. The normalized spacial score (nSPS) is 16.4. The van der Waals surface area contributed by atoms with Gasteiger partial charge in [0.15, 0.2) is 0 Å². The molecule has 1 rings (SSSR count). The quantitative estimate of drug-likeness (QED) is 0.211. The first kappa shape index (κ1) is 27.5. The number of rotatable bonds is 18. The third-order valence-corrected chi connectivity index (χ3v) is 6.83. The van der Waals surface area contributed by atoms with E-state index in [1.165, 1.54) is 77.0 Å². The van der Waals surface area contributed by atoms with E-state index in [-0.39, 0.29) is 5.92 Å². The number of likely N-dealkylation sites (tertiary alicyclic amines) is 1. The van der Waals surface area contributed by atoms with Crippen LogP contribution < -0.4 is 0 Å². The van der Waals surface area contributed by atoms with Gasteiger partial charge in [-0.05, 0) is 38.0 Å². The van der Waals surface area contributed by atoms with Crippen LogP contribution in [0, 0.1) is 11.8 Å². The van der Waals surface area contributed by atoms with Crippen LogP contribution in [-0.2, 0) is 9.53 Å². The maximum absolute atomic E-state index is 13.2. The molecular weight excluding hydrogens is 370 g/mol. The summed E-state index contributed by atoms with van der Waals surface area (Å²) < 4.78 is 6.21. The first-order valence-electron chi connectivity index (χ1n) is 13.5. The van der Waals surface area contributed by atoms with Crippen molar-refractivity contribution in [2.45, 2.75) is 137 Å². The van der Waals surface area contributed by atoms with Crippen LogP contribution in [0.25, 0.3) is 0 Å². The van der Waals surface area contributed by atoms with Crippen molar-refractivity contribution in [3.8, 4) is 0 Å². The molecule has 0 radical (unpaired) electrons. The summed E-state index contributed by atoms with van der Waals surface area (Å²) in [5, 5.41) is 0. The Labute approximate surface area is 188 Å². The van der Waals surface area contributed by atoms with Gasteiger partial charge in [-0.25, -0.2) is 0 Å². The van der Waals surface area contributed by atoms with Crippen molar-refractivity contribution in [3.63, 3.8) is 0 Å². The van der Waals surface area contributed by atoms with Gasteiger partial charge in [-0.15, -0.1) is 0 Å². The van der Waals surface area contributed by atoms with Gasteiger partial charge in [-0.1, -0.05) is 98.3 Å². The molecule has 0 bridgehead atoms. The molecule has 0 N–H and O–H groups in total. The lowest BCUT2D eigenvalue weighted by Crippen LogP contribution is -2.44. The van der Waals surface area contributed by atoms with Gasteiger partial charge in [0.2, 0.25) is 5.91 Å². The molecule has 1 amide bonds. The number of hydrogen-bond acceptors (Lipinski definition) is 2. The minimum Gasteiger partial charge on any atom is -0.378 e. The van der Waals surface area contributed by atoms with E-state index in [0.717, 1.165) is 45.4 Å². The molecule has 1 aliphatic heterocycles. The third kappa shape index (κ3) is 12.3. The fraction of sp³-hybridized carbons (Fsp3) is 0.963. The fourth-order valence-corrected chi connectivity index (χ4v) is 4.65. The van der Waals surface area contributed by atoms with Gasteiger partial charge < -0.3 is 9.64 Å². The Kier molecular flexibility index (Phi) is 16.5. The molecular formula is C27H53NO2. The maximum Gasteiger partial charge on any atom is 0.225 e. The third-order valence-electron chi connectivity index (χ3n) is 6.83. The molecule has 1 saturated heterocycles. The SMILES string of the molecule is CCCCCCC(CCCCCC)C(=O)N1CCC(OCC(C)CCCCC)CC1. The van der Waals surface area contributed by atoms with Crippen molar-refractivity contribution in [1.29, 1.82) is 0 Å². The zero-order valence-corrected chi connectivity index (χ0v) is 20.9. The molecule has 0 saturated carbocycles. The first-order chi connectivity index (χ1) is 14.6. The highest BCUT2D eigenvalue weighted by atomic mass is 16.5. The van der Waals surface area contributed by atoms with E-state index >= 15 is 0 Å². The number of piperidine rings is 1. The fourth-order valence-electron chi connectivity index (χ4n) is 4.65. The first-order valence-corrected chi connectivity index (χ1v) is 13.5. The standard InChI is InChI=1S/C27H53NO2/c1-5-8-11-14-17-25(18-15-12-9-6-2)27(29)28-21-19-26(20-22-28)30-23-24(4)16-13-10-7-3/h24-26H,5-23H2,1-4H3. The summed E-state index contributed by atoms with van der Waals surface area (Å²) >= 11 is 0. The minimum atomic E-state index is 0.259. The predicted octanol–water partition coefficient (Wildman–Crippen LogP) is 7.77. The minimum absolute atomic E-state index is 0.259. The zero-order chi connectivity index (χ0) is 22.0. The van der Waals surface area contributed by atoms with E-state index in [9.17, 15) is 4.79 Å². The molecule has 1 aliphatic rings. The van der Waals surface area contributed by atoms with Gasteiger partial charge in [0.05, 0.1) is 6.10 Å². The van der Waals surface area contributed by atoms with Gasteiger partial charge in [0.25, 0.3) is 0 Å². The van der Waals surface area contributed by atoms with Crippen molar-refractivity contribution in [3.05, 3.63) is 0 Å². The van der Waals surface area contributed by atoms with Crippen molar-refractivity contribution in [1.82, 2.24) is 4.90 Å². The van der Waals surface area contributed by atoms with Crippen LogP contribution in [0.2, 0.25) is 0 Å². The Morgan fingerprint density at radius 3 is 1.83 bits per heavy atom. The highest BCUT2D eigenvalue weighted by Crippen LogP contribution is 2.24. The second-order valence-corrected chi connectivity index (χ2v) is 9.85. The van der Waals surface area contributed by atoms with Crippen LogP contribution in [0.3, 0.4) is 0 Å². The molecule has 0 aliphatic carbocycles. The summed E-state index contributed by atoms with van der Waals surface area (Å²) in [6.07, 6.45) is 19.9. The number of carbonyl (C=O) groups excluding carboxylic acids is 1. The Morgan fingerprint density at radius 1 is 0.800 bits per heavy atom. The molecule has 3 heteroatoms. The van der Waals surface area contributed by atoms with Crippen LogP contribution in [0.15, 0.2) is 0 Å². The predicted molar refractivity (Wildman–Crippen MR) is 130 cm³/mol. The van der Waals surface area contributed by atoms with E-state index in [0.29, 0.717) is 17.9 Å². The molecule has 0 aromatic heterocycles. The van der Waals surface area contributed by atoms with E-state index in [1.54, 1.807) is 0 Å². The van der Waals surface area contributed by atoms with Crippen LogP contribution >= 0.6 is 0 Å². The van der Waals surface area contributed by atoms with Crippen molar-refractivity contribution in [2.24, 2.45) is 11.8 Å². The largest absolute Gasteiger partial charge is 0.378 e. The second kappa shape index (κ2) is 18.0. The molecule has 0 aromatic carbocycles. The van der Waals surface area contributed by atoms with Crippen LogP contribution in [0.4, 0.5) is 0 Å². The van der Waals surface area contributed by atoms with Gasteiger partial charge in [-0.3, -0.25) is 4.79 Å². The van der Waals surface area contributed by atoms with Crippen molar-refractivity contribution < 1.29 is 9.53 Å². The number of unbranched alkanes of at least 4 members (excludes halogenated alkanes) is 8. The van der Waals surface area contributed by atoms with E-state index in [1.807, 2.05) is 0 Å². The summed E-state index contributed by atoms with van der Waals surface area (Å²) in [5.41, 5.74) is 0. The van der Waals surface area contributed by atoms with Crippen LogP contribution in [0.5, 0.6) is 0 Å². The van der Waals surface area contributed by atoms with Gasteiger partial charge >= 0.3 is 0 Å². The Bertz CT molecular complexity index is 392. The van der Waals surface area contributed by atoms with E-state index < -0.39 is 0 Å². The average Bonchev–Trinajstić information content (AvgIpc) is 2.76. The van der Waals surface area contributed by atoms with Crippen LogP contribution in [0.1, 0.15) is 130 Å².